The maximum Gasteiger partial charge on any atom is 1.00 e. The first kappa shape index (κ1) is 11.2. The minimum absolute atomic E-state index is 0. The van der Waals surface area contributed by atoms with Crippen LogP contribution in [-0.4, -0.2) is 0 Å². The third kappa shape index (κ3) is 32.3. The van der Waals surface area contributed by atoms with E-state index in [0.717, 1.165) is 0 Å². The molecule has 0 aliphatic carbocycles. The molecule has 32 valence electrons. The molecule has 0 radical (unpaired) electrons. The van der Waals surface area contributed by atoms with Gasteiger partial charge in [0.25, 0.3) is 0 Å². The molecule has 6 heavy (non-hydrogen) atoms. The molecule has 0 rings (SSSR count). The van der Waals surface area contributed by atoms with Gasteiger partial charge in [-0.1, -0.05) is 22.5 Å². The largest absolute Gasteiger partial charge is 1.00 e. The summed E-state index contributed by atoms with van der Waals surface area (Å²) in [6.07, 6.45) is -3.94. The van der Waals surface area contributed by atoms with Gasteiger partial charge in [0.2, 0.25) is 0 Å². The summed E-state index contributed by atoms with van der Waals surface area (Å²) in [5.74, 6) is 0. The molecule has 0 amide bonds. The zero-order valence-corrected chi connectivity index (χ0v) is 8.55. The molecular weight excluding hydrogens is 173 g/mol. The Balaban J connectivity index is 0. The van der Waals surface area contributed by atoms with E-state index in [-0.39, 0.29) is 51.4 Å². The van der Waals surface area contributed by atoms with Gasteiger partial charge in [-0.2, -0.15) is 0 Å². The Hall–Kier alpha value is 2.41. The van der Waals surface area contributed by atoms with Crippen molar-refractivity contribution in [1.29, 1.82) is 0 Å². The molecule has 0 spiro atoms. The van der Waals surface area contributed by atoms with Crippen LogP contribution in [0.25, 0.3) is 0 Å². The van der Waals surface area contributed by atoms with E-state index >= 15 is 0 Å². The molecule has 0 bridgehead atoms. The molecule has 0 aromatic carbocycles. The summed E-state index contributed by atoms with van der Waals surface area (Å²) in [6.45, 7) is 0. The summed E-state index contributed by atoms with van der Waals surface area (Å²) in [4.78, 5) is 9.19. The van der Waals surface area contributed by atoms with Crippen molar-refractivity contribution in [2.75, 3.05) is 0 Å². The molecule has 0 N–H and O–H groups in total. The van der Waals surface area contributed by atoms with Crippen molar-refractivity contribution in [1.82, 2.24) is 0 Å². The monoisotopic (exact) mass is 172 g/mol. The first-order valence-corrected chi connectivity index (χ1v) is 4.14. The van der Waals surface area contributed by atoms with Crippen molar-refractivity contribution in [3.05, 3.63) is 0 Å². The second-order valence-corrected chi connectivity index (χ2v) is 4.43. The van der Waals surface area contributed by atoms with Gasteiger partial charge in [-0.05, 0) is 0 Å². The predicted octanol–water partition coefficient (Wildman–Crippen LogP) is -2.06. The Morgan fingerprint density at radius 1 is 1.50 bits per heavy atom. The topological polar surface area (TPSA) is 40.1 Å². The maximum absolute atomic E-state index is 9.19. The molecule has 0 heterocycles. The van der Waals surface area contributed by atoms with Crippen molar-refractivity contribution < 1.29 is 60.8 Å². The normalized spacial score (nSPS) is 9.83. The standard InChI is InChI=1S/Cl2HO2P.K/c1-5(2,3)4;/h(H,3,4);/q;+1/p-1. The summed E-state index contributed by atoms with van der Waals surface area (Å²) in [6, 6.07) is 0. The Morgan fingerprint density at radius 2 is 1.50 bits per heavy atom. The van der Waals surface area contributed by atoms with Crippen molar-refractivity contribution in [3.8, 4) is 0 Å². The fraction of sp³-hybridized carbons (Fsp3) is 0. The smallest absolute Gasteiger partial charge is 0.776 e. The van der Waals surface area contributed by atoms with Gasteiger partial charge >= 0.3 is 51.4 Å². The summed E-state index contributed by atoms with van der Waals surface area (Å²) < 4.78 is 9.19. The van der Waals surface area contributed by atoms with Crippen LogP contribution in [0.5, 0.6) is 0 Å². The Morgan fingerprint density at radius 3 is 1.50 bits per heavy atom. The van der Waals surface area contributed by atoms with Gasteiger partial charge in [-0.3, -0.25) is 0 Å². The van der Waals surface area contributed by atoms with Gasteiger partial charge < -0.3 is 9.46 Å². The summed E-state index contributed by atoms with van der Waals surface area (Å²) in [5, 5.41) is 0. The second-order valence-electron chi connectivity index (χ2n) is 0.414. The molecule has 0 aliphatic heterocycles. The molecule has 2 nitrogen and oxygen atoms in total. The molecule has 0 aromatic heterocycles. The van der Waals surface area contributed by atoms with Crippen LogP contribution in [0.3, 0.4) is 0 Å². The van der Waals surface area contributed by atoms with Crippen LogP contribution in [0, 0.1) is 0 Å². The van der Waals surface area contributed by atoms with Gasteiger partial charge in [0.15, 0.2) is 6.07 Å². The van der Waals surface area contributed by atoms with Gasteiger partial charge in [0.1, 0.15) is 0 Å². The van der Waals surface area contributed by atoms with Crippen LogP contribution in [-0.2, 0) is 4.57 Å². The van der Waals surface area contributed by atoms with Crippen molar-refractivity contribution >= 4 is 28.6 Å². The van der Waals surface area contributed by atoms with E-state index in [1.807, 2.05) is 0 Å². The Kier molecular flexibility index (Phi) is 8.05. The molecule has 0 aromatic rings. The van der Waals surface area contributed by atoms with Crippen LogP contribution >= 0.6 is 28.6 Å². The molecule has 0 unspecified atom stereocenters. The number of hydrogen-bond acceptors (Lipinski definition) is 2. The maximum atomic E-state index is 9.19. The van der Waals surface area contributed by atoms with Gasteiger partial charge in [0.05, 0.1) is 0 Å². The first-order valence-electron chi connectivity index (χ1n) is 0.703. The van der Waals surface area contributed by atoms with Gasteiger partial charge in [-0.25, -0.2) is 0 Å². The Bertz CT molecular complexity index is 57.7. The number of halogens is 2. The number of rotatable bonds is 0. The van der Waals surface area contributed by atoms with Gasteiger partial charge in [-0.15, -0.1) is 0 Å². The predicted molar refractivity (Wildman–Crippen MR) is 19.3 cm³/mol. The first-order chi connectivity index (χ1) is 2.00. The average Bonchev–Trinajstić information content (AvgIpc) is 0.722. The van der Waals surface area contributed by atoms with Crippen molar-refractivity contribution in [2.24, 2.45) is 0 Å². The molecular formula is Cl2KO2P. The molecule has 0 saturated heterocycles. The zero-order valence-electron chi connectivity index (χ0n) is 3.02. The van der Waals surface area contributed by atoms with E-state index < -0.39 is 6.07 Å². The van der Waals surface area contributed by atoms with Crippen LogP contribution in [0.2, 0.25) is 0 Å². The zero-order chi connectivity index (χ0) is 4.50. The quantitative estimate of drug-likeness (QED) is 0.312. The van der Waals surface area contributed by atoms with Crippen molar-refractivity contribution in [2.45, 2.75) is 0 Å². The van der Waals surface area contributed by atoms with Crippen LogP contribution in [0.1, 0.15) is 0 Å². The SMILES string of the molecule is O=P([O-])(Cl)Cl.[K+]. The fourth-order valence-electron chi connectivity index (χ4n) is 0. The molecule has 0 fully saturated rings. The average molecular weight is 173 g/mol. The van der Waals surface area contributed by atoms with Gasteiger partial charge in [0, 0.05) is 0 Å². The second kappa shape index (κ2) is 4.30. The summed E-state index contributed by atoms with van der Waals surface area (Å²) in [5.41, 5.74) is 0. The number of hydrogen-bond donors (Lipinski definition) is 0. The van der Waals surface area contributed by atoms with Crippen LogP contribution < -0.4 is 56.3 Å². The van der Waals surface area contributed by atoms with E-state index in [9.17, 15) is 9.46 Å². The van der Waals surface area contributed by atoms with E-state index in [2.05, 4.69) is 22.5 Å². The van der Waals surface area contributed by atoms with Crippen LogP contribution in [0.4, 0.5) is 0 Å². The van der Waals surface area contributed by atoms with E-state index in [1.165, 1.54) is 0 Å². The van der Waals surface area contributed by atoms with E-state index in [1.54, 1.807) is 0 Å². The minimum atomic E-state index is -3.94. The fourth-order valence-corrected chi connectivity index (χ4v) is 0. The van der Waals surface area contributed by atoms with Crippen LogP contribution in [0.15, 0.2) is 0 Å². The van der Waals surface area contributed by atoms with Crippen molar-refractivity contribution in [3.63, 3.8) is 0 Å². The molecule has 0 saturated carbocycles. The molecule has 0 aliphatic rings. The van der Waals surface area contributed by atoms with E-state index in [0.29, 0.717) is 0 Å². The summed E-state index contributed by atoms with van der Waals surface area (Å²) >= 11 is 8.59. The third-order valence-electron chi connectivity index (χ3n) is 0. The molecule has 0 atom stereocenters. The summed E-state index contributed by atoms with van der Waals surface area (Å²) in [7, 11) is 0. The third-order valence-corrected chi connectivity index (χ3v) is 0. The van der Waals surface area contributed by atoms with E-state index in [4.69, 9.17) is 0 Å². The Labute approximate surface area is 87.7 Å². The molecule has 6 heteroatoms. The minimum Gasteiger partial charge on any atom is -0.776 e.